The van der Waals surface area contributed by atoms with Gasteiger partial charge >= 0.3 is 0 Å². The molecule has 0 saturated carbocycles. The van der Waals surface area contributed by atoms with E-state index >= 15 is 0 Å². The van der Waals surface area contributed by atoms with Crippen LogP contribution in [0.25, 0.3) is 10.9 Å². The number of aromatic amines is 1. The van der Waals surface area contributed by atoms with Crippen LogP contribution in [0.4, 0.5) is 0 Å². The van der Waals surface area contributed by atoms with Crippen LogP contribution in [0.3, 0.4) is 0 Å². The van der Waals surface area contributed by atoms with Crippen molar-refractivity contribution in [3.63, 3.8) is 0 Å². The monoisotopic (exact) mass is 577 g/mol. The summed E-state index contributed by atoms with van der Waals surface area (Å²) < 4.78 is 36.0. The molecule has 0 radical (unpaired) electrons. The fraction of sp³-hybridized carbons (Fsp3) is 0.484. The van der Waals surface area contributed by atoms with Crippen LogP contribution in [-0.2, 0) is 15.4 Å². The fourth-order valence-electron chi connectivity index (χ4n) is 6.07. The van der Waals surface area contributed by atoms with Gasteiger partial charge in [-0.25, -0.2) is 8.42 Å². The fourth-order valence-corrected chi connectivity index (χ4v) is 7.63. The van der Waals surface area contributed by atoms with Crippen LogP contribution < -0.4 is 4.74 Å². The molecule has 2 heterocycles. The predicted molar refractivity (Wildman–Crippen MR) is 159 cm³/mol. The van der Waals surface area contributed by atoms with Crippen molar-refractivity contribution in [1.29, 1.82) is 5.26 Å². The highest BCUT2D eigenvalue weighted by molar-refractivity contribution is 7.89. The number of ether oxygens (including phenoxy) is 1. The average molecular weight is 578 g/mol. The quantitative estimate of drug-likeness (QED) is 0.410. The second kappa shape index (κ2) is 11.2. The first-order valence-electron chi connectivity index (χ1n) is 14.4. The van der Waals surface area contributed by atoms with Crippen LogP contribution in [0, 0.1) is 11.3 Å². The molecular formula is C31H39N5O4S. The highest BCUT2D eigenvalue weighted by atomic mass is 32.2. The van der Waals surface area contributed by atoms with Gasteiger partial charge in [0.1, 0.15) is 17.3 Å². The summed E-state index contributed by atoms with van der Waals surface area (Å²) in [4.78, 5) is 22.0. The molecule has 10 heteroatoms. The van der Waals surface area contributed by atoms with E-state index < -0.39 is 15.4 Å². The molecule has 0 unspecified atom stereocenters. The van der Waals surface area contributed by atoms with Gasteiger partial charge in [0.25, 0.3) is 0 Å². The summed E-state index contributed by atoms with van der Waals surface area (Å²) >= 11 is 0. The van der Waals surface area contributed by atoms with Crippen LogP contribution >= 0.6 is 0 Å². The van der Waals surface area contributed by atoms with Crippen molar-refractivity contribution < 1.29 is 17.9 Å². The average Bonchev–Trinajstić information content (AvgIpc) is 3.38. The van der Waals surface area contributed by atoms with Crippen molar-refractivity contribution in [2.75, 3.05) is 59.0 Å². The molecule has 0 bridgehead atoms. The van der Waals surface area contributed by atoms with Crippen molar-refractivity contribution in [3.05, 3.63) is 58.3 Å². The van der Waals surface area contributed by atoms with E-state index in [1.54, 1.807) is 30.3 Å². The molecule has 5 rings (SSSR count). The van der Waals surface area contributed by atoms with E-state index in [1.165, 1.54) is 4.31 Å². The molecule has 0 amide bonds. The summed E-state index contributed by atoms with van der Waals surface area (Å²) in [6.07, 6.45) is 0. The zero-order valence-electron chi connectivity index (χ0n) is 24.6. The Labute approximate surface area is 242 Å². The van der Waals surface area contributed by atoms with Gasteiger partial charge in [0.2, 0.25) is 10.0 Å². The zero-order chi connectivity index (χ0) is 29.5. The van der Waals surface area contributed by atoms with Gasteiger partial charge in [-0.05, 0) is 49.5 Å². The van der Waals surface area contributed by atoms with Crippen LogP contribution in [0.5, 0.6) is 5.75 Å². The largest absolute Gasteiger partial charge is 0.491 e. The Balaban J connectivity index is 1.63. The maximum Gasteiger partial charge on any atom is 0.246 e. The van der Waals surface area contributed by atoms with Crippen molar-refractivity contribution in [2.24, 2.45) is 0 Å². The molecule has 0 atom stereocenters. The molecule has 1 aromatic heterocycles. The molecule has 1 N–H and O–H groups in total. The third-order valence-electron chi connectivity index (χ3n) is 8.74. The summed E-state index contributed by atoms with van der Waals surface area (Å²) in [5.41, 5.74) is 2.93. The summed E-state index contributed by atoms with van der Waals surface area (Å²) in [6.45, 7) is 16.0. The van der Waals surface area contributed by atoms with Crippen molar-refractivity contribution in [1.82, 2.24) is 19.1 Å². The van der Waals surface area contributed by atoms with Gasteiger partial charge in [0.15, 0.2) is 5.78 Å². The van der Waals surface area contributed by atoms with E-state index in [-0.39, 0.29) is 16.4 Å². The number of H-pyrrole nitrogens is 1. The highest BCUT2D eigenvalue weighted by Crippen LogP contribution is 2.46. The second-order valence-electron chi connectivity index (χ2n) is 11.3. The van der Waals surface area contributed by atoms with Crippen LogP contribution in [0.2, 0.25) is 0 Å². The lowest BCUT2D eigenvalue weighted by atomic mass is 9.71. The summed E-state index contributed by atoms with van der Waals surface area (Å²) in [5.74, 6) is 0.0493. The first kappa shape index (κ1) is 29.3. The third kappa shape index (κ3) is 5.06. The number of sulfonamides is 1. The first-order chi connectivity index (χ1) is 19.6. The Morgan fingerprint density at radius 3 is 2.41 bits per heavy atom. The summed E-state index contributed by atoms with van der Waals surface area (Å²) in [7, 11) is -3.92. The minimum atomic E-state index is -3.92. The van der Waals surface area contributed by atoms with Crippen LogP contribution in [0.15, 0.2) is 35.2 Å². The topological polar surface area (TPSA) is 110 Å². The van der Waals surface area contributed by atoms with Crippen LogP contribution in [0.1, 0.15) is 67.4 Å². The number of nitrogens with one attached hydrogen (secondary N) is 1. The number of piperazine rings is 1. The lowest BCUT2D eigenvalue weighted by Crippen LogP contribution is -2.48. The number of aromatic nitrogens is 1. The number of nitriles is 1. The molecule has 9 nitrogen and oxygen atoms in total. The summed E-state index contributed by atoms with van der Waals surface area (Å²) in [6, 6.07) is 10.7. The van der Waals surface area contributed by atoms with E-state index in [0.717, 1.165) is 36.3 Å². The number of nitrogens with zero attached hydrogens (tertiary/aromatic N) is 4. The van der Waals surface area contributed by atoms with E-state index in [9.17, 15) is 18.5 Å². The van der Waals surface area contributed by atoms with Crippen molar-refractivity contribution in [3.8, 4) is 11.8 Å². The van der Waals surface area contributed by atoms with Crippen molar-refractivity contribution >= 4 is 26.7 Å². The normalized spacial score (nSPS) is 17.4. The second-order valence-corrected chi connectivity index (χ2v) is 13.2. The molecule has 41 heavy (non-hydrogen) atoms. The van der Waals surface area contributed by atoms with E-state index in [1.807, 2.05) is 13.8 Å². The zero-order valence-corrected chi connectivity index (χ0v) is 25.4. The number of ketones is 1. The predicted octanol–water partition coefficient (Wildman–Crippen LogP) is 3.96. The van der Waals surface area contributed by atoms with E-state index in [2.05, 4.69) is 41.6 Å². The lowest BCUT2D eigenvalue weighted by Gasteiger charge is -2.35. The SMILES string of the molecule is CCN(CC)CCOc1cc2c(cc1S(=O)(=O)N1CCN(CC)CC1)C(=O)c1c([nH]c3cc(C#N)ccc13)C2(C)C. The number of fused-ring (bicyclic) bond motifs is 4. The Morgan fingerprint density at radius 2 is 1.78 bits per heavy atom. The number of rotatable bonds is 9. The van der Waals surface area contributed by atoms with Gasteiger partial charge in [0, 0.05) is 60.3 Å². The van der Waals surface area contributed by atoms with E-state index in [0.29, 0.717) is 61.5 Å². The molecule has 1 saturated heterocycles. The standard InChI is InChI=1S/C31H39N5O4S/c1-6-34(7-2)15-16-40-26-19-24-23(18-27(26)41(38,39)36-13-11-35(8-3)12-14-36)29(37)28-22-10-9-21(20-32)17-25(22)33-30(28)31(24,4)5/h9-10,17-19,33H,6-8,11-16H2,1-5H3. The Kier molecular flexibility index (Phi) is 8.01. The minimum absolute atomic E-state index is 0.0416. The van der Waals surface area contributed by atoms with Crippen molar-refractivity contribution in [2.45, 2.75) is 44.9 Å². The molecule has 3 aromatic rings. The Hall–Kier alpha value is -3.23. The number of likely N-dealkylation sites (N-methyl/N-ethyl adjacent to an activating group) is 2. The number of carbonyl (C=O) groups is 1. The molecule has 0 spiro atoms. The first-order valence-corrected chi connectivity index (χ1v) is 15.9. The Bertz CT molecular complexity index is 1620. The molecule has 1 aliphatic carbocycles. The van der Waals surface area contributed by atoms with Gasteiger partial charge < -0.3 is 19.5 Å². The summed E-state index contributed by atoms with van der Waals surface area (Å²) in [5, 5.41) is 10.1. The molecule has 2 aromatic carbocycles. The lowest BCUT2D eigenvalue weighted by molar-refractivity contribution is 0.103. The molecule has 1 fully saturated rings. The van der Waals surface area contributed by atoms with Gasteiger partial charge in [-0.15, -0.1) is 0 Å². The van der Waals surface area contributed by atoms with Gasteiger partial charge in [0.05, 0.1) is 17.2 Å². The van der Waals surface area contributed by atoms with Gasteiger partial charge in [-0.3, -0.25) is 4.79 Å². The molecule has 218 valence electrons. The highest BCUT2D eigenvalue weighted by Gasteiger charge is 2.42. The minimum Gasteiger partial charge on any atom is -0.491 e. The number of hydrogen-bond acceptors (Lipinski definition) is 7. The Morgan fingerprint density at radius 1 is 1.07 bits per heavy atom. The molecule has 1 aliphatic heterocycles. The van der Waals surface area contributed by atoms with Crippen LogP contribution in [-0.4, -0.2) is 92.3 Å². The van der Waals surface area contributed by atoms with Gasteiger partial charge in [-0.2, -0.15) is 9.57 Å². The molecule has 2 aliphatic rings. The maximum atomic E-state index is 14.1. The number of carbonyl (C=O) groups excluding carboxylic acids is 1. The third-order valence-corrected chi connectivity index (χ3v) is 10.7. The smallest absolute Gasteiger partial charge is 0.246 e. The molecular weight excluding hydrogens is 538 g/mol. The maximum absolute atomic E-state index is 14.1. The van der Waals surface area contributed by atoms with Gasteiger partial charge in [-0.1, -0.05) is 40.7 Å². The number of benzene rings is 2. The van der Waals surface area contributed by atoms with E-state index in [4.69, 9.17) is 4.74 Å². The number of hydrogen-bond donors (Lipinski definition) is 1.